The Morgan fingerprint density at radius 2 is 1.65 bits per heavy atom. The third kappa shape index (κ3) is 5.05. The molecule has 0 bridgehead atoms. The van der Waals surface area contributed by atoms with Gasteiger partial charge < -0.3 is 5.32 Å². The molecule has 176 valence electrons. The average molecular weight is 493 g/mol. The number of nitrogens with zero attached hydrogens (tertiary/aromatic N) is 1. The minimum absolute atomic E-state index is 0.108. The van der Waals surface area contributed by atoms with Crippen LogP contribution in [0.4, 0.5) is 0 Å². The van der Waals surface area contributed by atoms with E-state index in [1.54, 1.807) is 42.2 Å². The van der Waals surface area contributed by atoms with Crippen molar-refractivity contribution in [2.75, 3.05) is 12.3 Å². The SMILES string of the molecule is CCSCc1ccccc1C(=O)NCCc1cn(S(=O)(=O)c2ccc(C)cc2)c2ccccc12. The molecule has 1 N–H and O–H groups in total. The number of carbonyl (C=O) groups is 1. The molecule has 0 unspecified atom stereocenters. The Kier molecular flexibility index (Phi) is 7.44. The van der Waals surface area contributed by atoms with Crippen LogP contribution in [0.1, 0.15) is 34.0 Å². The van der Waals surface area contributed by atoms with Gasteiger partial charge in [-0.05, 0) is 54.5 Å². The maximum absolute atomic E-state index is 13.4. The van der Waals surface area contributed by atoms with Gasteiger partial charge in [0, 0.05) is 29.4 Å². The number of benzene rings is 3. The van der Waals surface area contributed by atoms with E-state index in [0.29, 0.717) is 24.0 Å². The summed E-state index contributed by atoms with van der Waals surface area (Å²) in [6, 6.07) is 22.0. The molecule has 1 amide bonds. The van der Waals surface area contributed by atoms with Gasteiger partial charge >= 0.3 is 0 Å². The van der Waals surface area contributed by atoms with Crippen LogP contribution in [0.15, 0.2) is 83.9 Å². The number of amides is 1. The first kappa shape index (κ1) is 24.1. The van der Waals surface area contributed by atoms with Crippen LogP contribution in [-0.4, -0.2) is 30.6 Å². The quantitative estimate of drug-likeness (QED) is 0.339. The van der Waals surface area contributed by atoms with Crippen molar-refractivity contribution in [1.29, 1.82) is 0 Å². The fourth-order valence-corrected chi connectivity index (χ4v) is 5.99. The maximum atomic E-state index is 13.4. The van der Waals surface area contributed by atoms with E-state index < -0.39 is 10.0 Å². The monoisotopic (exact) mass is 492 g/mol. The van der Waals surface area contributed by atoms with Gasteiger partial charge in [-0.2, -0.15) is 11.8 Å². The summed E-state index contributed by atoms with van der Waals surface area (Å²) in [7, 11) is -3.73. The molecule has 0 aliphatic carbocycles. The fourth-order valence-electron chi connectivity index (χ4n) is 3.93. The van der Waals surface area contributed by atoms with Gasteiger partial charge in [0.2, 0.25) is 0 Å². The molecule has 3 aromatic carbocycles. The first-order valence-corrected chi connectivity index (χ1v) is 13.9. The van der Waals surface area contributed by atoms with Gasteiger partial charge in [0.25, 0.3) is 15.9 Å². The molecule has 1 heterocycles. The van der Waals surface area contributed by atoms with E-state index in [1.165, 1.54) is 3.97 Å². The van der Waals surface area contributed by atoms with E-state index in [2.05, 4.69) is 12.2 Å². The summed E-state index contributed by atoms with van der Waals surface area (Å²) in [5, 5.41) is 3.88. The second kappa shape index (κ2) is 10.5. The molecular weight excluding hydrogens is 464 g/mol. The fraction of sp³-hybridized carbons (Fsp3) is 0.222. The van der Waals surface area contributed by atoms with Crippen LogP contribution in [0.5, 0.6) is 0 Å². The molecule has 0 aliphatic rings. The molecule has 0 saturated carbocycles. The van der Waals surface area contributed by atoms with Gasteiger partial charge in [-0.1, -0.05) is 61.0 Å². The first-order valence-electron chi connectivity index (χ1n) is 11.3. The molecule has 5 nitrogen and oxygen atoms in total. The second-order valence-electron chi connectivity index (χ2n) is 8.09. The van der Waals surface area contributed by atoms with Crippen LogP contribution >= 0.6 is 11.8 Å². The molecular formula is C27H28N2O3S2. The number of rotatable bonds is 9. The van der Waals surface area contributed by atoms with Gasteiger partial charge in [-0.25, -0.2) is 12.4 Å². The minimum atomic E-state index is -3.73. The lowest BCUT2D eigenvalue weighted by molar-refractivity contribution is 0.0953. The van der Waals surface area contributed by atoms with Crippen LogP contribution < -0.4 is 5.32 Å². The summed E-state index contributed by atoms with van der Waals surface area (Å²) in [6.45, 7) is 4.43. The number of aromatic nitrogens is 1. The zero-order chi connectivity index (χ0) is 24.1. The van der Waals surface area contributed by atoms with Crippen molar-refractivity contribution in [1.82, 2.24) is 9.29 Å². The molecule has 0 radical (unpaired) electrons. The van der Waals surface area contributed by atoms with Gasteiger partial charge in [0.05, 0.1) is 10.4 Å². The van der Waals surface area contributed by atoms with Crippen molar-refractivity contribution in [3.8, 4) is 0 Å². The van der Waals surface area contributed by atoms with Crippen LogP contribution in [0.2, 0.25) is 0 Å². The minimum Gasteiger partial charge on any atom is -0.352 e. The molecule has 0 saturated heterocycles. The van der Waals surface area contributed by atoms with E-state index >= 15 is 0 Å². The van der Waals surface area contributed by atoms with Crippen molar-refractivity contribution in [3.63, 3.8) is 0 Å². The average Bonchev–Trinajstić information content (AvgIpc) is 3.23. The molecule has 0 atom stereocenters. The Morgan fingerprint density at radius 1 is 0.941 bits per heavy atom. The summed E-state index contributed by atoms with van der Waals surface area (Å²) in [5.74, 6) is 1.68. The third-order valence-corrected chi connectivity index (χ3v) is 8.35. The summed E-state index contributed by atoms with van der Waals surface area (Å²) in [5.41, 5.74) is 4.22. The Hall–Kier alpha value is -3.03. The summed E-state index contributed by atoms with van der Waals surface area (Å²) >= 11 is 1.78. The molecule has 4 aromatic rings. The zero-order valence-corrected chi connectivity index (χ0v) is 21.0. The Labute approximate surface area is 205 Å². The zero-order valence-electron chi connectivity index (χ0n) is 19.3. The van der Waals surface area contributed by atoms with Gasteiger partial charge in [0.15, 0.2) is 0 Å². The highest BCUT2D eigenvalue weighted by atomic mass is 32.2. The van der Waals surface area contributed by atoms with Crippen LogP contribution in [0.25, 0.3) is 10.9 Å². The number of nitrogens with one attached hydrogen (secondary N) is 1. The van der Waals surface area contributed by atoms with E-state index in [9.17, 15) is 13.2 Å². The van der Waals surface area contributed by atoms with Crippen molar-refractivity contribution in [3.05, 3.63) is 101 Å². The Balaban J connectivity index is 1.55. The molecule has 34 heavy (non-hydrogen) atoms. The van der Waals surface area contributed by atoms with Crippen LogP contribution in [-0.2, 0) is 22.2 Å². The predicted molar refractivity (Wildman–Crippen MR) is 140 cm³/mol. The maximum Gasteiger partial charge on any atom is 0.268 e. The summed E-state index contributed by atoms with van der Waals surface area (Å²) in [4.78, 5) is 13.1. The van der Waals surface area contributed by atoms with Gasteiger partial charge in [-0.3, -0.25) is 4.79 Å². The molecule has 7 heteroatoms. The number of thioether (sulfide) groups is 1. The molecule has 0 fully saturated rings. The predicted octanol–water partition coefficient (Wildman–Crippen LogP) is 5.41. The number of hydrogen-bond acceptors (Lipinski definition) is 4. The second-order valence-corrected chi connectivity index (χ2v) is 11.2. The van der Waals surface area contributed by atoms with E-state index in [4.69, 9.17) is 0 Å². The van der Waals surface area contributed by atoms with E-state index in [0.717, 1.165) is 33.6 Å². The van der Waals surface area contributed by atoms with Gasteiger partial charge in [-0.15, -0.1) is 0 Å². The van der Waals surface area contributed by atoms with Crippen molar-refractivity contribution >= 4 is 38.6 Å². The Morgan fingerprint density at radius 3 is 2.41 bits per heavy atom. The van der Waals surface area contributed by atoms with Crippen molar-refractivity contribution in [2.45, 2.75) is 30.9 Å². The number of hydrogen-bond donors (Lipinski definition) is 1. The normalized spacial score (nSPS) is 11.6. The highest BCUT2D eigenvalue weighted by Gasteiger charge is 2.21. The summed E-state index contributed by atoms with van der Waals surface area (Å²) < 4.78 is 28.1. The molecule has 1 aromatic heterocycles. The third-order valence-electron chi connectivity index (χ3n) is 5.74. The topological polar surface area (TPSA) is 68.2 Å². The summed E-state index contributed by atoms with van der Waals surface area (Å²) in [6.07, 6.45) is 2.20. The van der Waals surface area contributed by atoms with Crippen molar-refractivity contribution in [2.24, 2.45) is 0 Å². The number of fused-ring (bicyclic) bond motifs is 1. The highest BCUT2D eigenvalue weighted by Crippen LogP contribution is 2.26. The number of aryl methyl sites for hydroxylation is 1. The molecule has 4 rings (SSSR count). The highest BCUT2D eigenvalue weighted by molar-refractivity contribution is 7.98. The first-order chi connectivity index (χ1) is 16.4. The standard InChI is InChI=1S/C27H28N2O3S2/c1-3-33-19-22-8-4-5-10-25(22)27(30)28-17-16-21-18-29(26-11-7-6-9-24(21)26)34(31,32)23-14-12-20(2)13-15-23/h4-15,18H,3,16-17,19H2,1-2H3,(H,28,30). The van der Waals surface area contributed by atoms with E-state index in [1.807, 2.05) is 55.5 Å². The number of carbonyl (C=O) groups excluding carboxylic acids is 1. The molecule has 0 aliphatic heterocycles. The van der Waals surface area contributed by atoms with Crippen LogP contribution in [0, 0.1) is 6.92 Å². The smallest absolute Gasteiger partial charge is 0.268 e. The lowest BCUT2D eigenvalue weighted by Crippen LogP contribution is -2.26. The van der Waals surface area contributed by atoms with Crippen LogP contribution in [0.3, 0.4) is 0 Å². The molecule has 0 spiro atoms. The Bertz CT molecular complexity index is 1410. The largest absolute Gasteiger partial charge is 0.352 e. The van der Waals surface area contributed by atoms with Crippen molar-refractivity contribution < 1.29 is 13.2 Å². The van der Waals surface area contributed by atoms with E-state index in [-0.39, 0.29) is 10.8 Å². The lowest BCUT2D eigenvalue weighted by Gasteiger charge is -2.09. The van der Waals surface area contributed by atoms with Gasteiger partial charge in [0.1, 0.15) is 0 Å². The lowest BCUT2D eigenvalue weighted by atomic mass is 10.1. The number of para-hydroxylation sites is 1.